The molecule has 120 valence electrons. The third kappa shape index (κ3) is 5.09. The summed E-state index contributed by atoms with van der Waals surface area (Å²) in [5, 5.41) is 7.19. The smallest absolute Gasteiger partial charge is 0.243 e. The van der Waals surface area contributed by atoms with Crippen LogP contribution in [0.5, 0.6) is 0 Å². The Morgan fingerprint density at radius 3 is 2.86 bits per heavy atom. The molecule has 7 heteroatoms. The van der Waals surface area contributed by atoms with Crippen molar-refractivity contribution in [3.05, 3.63) is 12.4 Å². The van der Waals surface area contributed by atoms with Crippen molar-refractivity contribution >= 4 is 10.0 Å². The maximum Gasteiger partial charge on any atom is 0.243 e. The molecule has 1 atom stereocenters. The van der Waals surface area contributed by atoms with Crippen LogP contribution in [0.3, 0.4) is 0 Å². The molecule has 2 rings (SSSR count). The third-order valence-electron chi connectivity index (χ3n) is 3.86. The highest BCUT2D eigenvalue weighted by molar-refractivity contribution is 7.89. The molecule has 0 spiro atoms. The summed E-state index contributed by atoms with van der Waals surface area (Å²) in [6, 6.07) is 0.0372. The van der Waals surface area contributed by atoms with Crippen LogP contribution in [0.25, 0.3) is 0 Å². The van der Waals surface area contributed by atoms with Gasteiger partial charge >= 0.3 is 0 Å². The lowest BCUT2D eigenvalue weighted by atomic mass is 10.1. The number of aromatic nitrogens is 2. The van der Waals surface area contributed by atoms with Crippen molar-refractivity contribution < 1.29 is 8.42 Å². The molecule has 0 amide bonds. The highest BCUT2D eigenvalue weighted by Gasteiger charge is 2.28. The second-order valence-electron chi connectivity index (χ2n) is 5.80. The second kappa shape index (κ2) is 7.38. The fourth-order valence-corrected chi connectivity index (χ4v) is 3.65. The summed E-state index contributed by atoms with van der Waals surface area (Å²) in [5.41, 5.74) is 0. The van der Waals surface area contributed by atoms with Crippen LogP contribution in [-0.2, 0) is 16.6 Å². The summed E-state index contributed by atoms with van der Waals surface area (Å²) in [6.45, 7) is 3.63. The zero-order chi connectivity index (χ0) is 15.3. The number of nitrogens with one attached hydrogen (secondary N) is 2. The standard InChI is InChI=1S/C14H26N4O2S/c1-3-13(9-12-5-6-12)17-21(19,20)14-10-16-18(11-14)8-4-7-15-2/h10-13,15,17H,3-9H2,1-2H3. The summed E-state index contributed by atoms with van der Waals surface area (Å²) in [5.74, 6) is 0.710. The van der Waals surface area contributed by atoms with Crippen molar-refractivity contribution in [2.24, 2.45) is 5.92 Å². The first-order valence-electron chi connectivity index (χ1n) is 7.74. The largest absolute Gasteiger partial charge is 0.320 e. The van der Waals surface area contributed by atoms with E-state index in [9.17, 15) is 8.42 Å². The van der Waals surface area contributed by atoms with Crippen molar-refractivity contribution in [2.45, 2.75) is 56.5 Å². The molecule has 1 aliphatic rings. The Hall–Kier alpha value is -0.920. The lowest BCUT2D eigenvalue weighted by Crippen LogP contribution is -2.34. The van der Waals surface area contributed by atoms with Gasteiger partial charge in [-0.2, -0.15) is 5.10 Å². The first-order chi connectivity index (χ1) is 10.0. The summed E-state index contributed by atoms with van der Waals surface area (Å²) < 4.78 is 29.2. The third-order valence-corrected chi connectivity index (χ3v) is 5.34. The lowest BCUT2D eigenvalue weighted by molar-refractivity contribution is 0.495. The van der Waals surface area contributed by atoms with E-state index >= 15 is 0 Å². The molecule has 1 fully saturated rings. The molecule has 21 heavy (non-hydrogen) atoms. The van der Waals surface area contributed by atoms with Crippen LogP contribution in [0, 0.1) is 5.92 Å². The van der Waals surface area contributed by atoms with Crippen molar-refractivity contribution in [3.8, 4) is 0 Å². The summed E-state index contributed by atoms with van der Waals surface area (Å²) in [6.07, 6.45) is 8.22. The fourth-order valence-electron chi connectivity index (χ4n) is 2.36. The molecular formula is C14H26N4O2S. The molecule has 1 aliphatic carbocycles. The molecule has 1 heterocycles. The zero-order valence-corrected chi connectivity index (χ0v) is 13.7. The molecule has 6 nitrogen and oxygen atoms in total. The van der Waals surface area contributed by atoms with Gasteiger partial charge in [-0.15, -0.1) is 0 Å². The first-order valence-corrected chi connectivity index (χ1v) is 9.23. The van der Waals surface area contributed by atoms with Crippen LogP contribution in [0.4, 0.5) is 0 Å². The minimum absolute atomic E-state index is 0.0372. The van der Waals surface area contributed by atoms with Gasteiger partial charge in [-0.3, -0.25) is 4.68 Å². The molecular weight excluding hydrogens is 288 g/mol. The zero-order valence-electron chi connectivity index (χ0n) is 12.9. The van der Waals surface area contributed by atoms with Crippen LogP contribution in [0.2, 0.25) is 0 Å². The molecule has 2 N–H and O–H groups in total. The Bertz CT molecular complexity index is 537. The Morgan fingerprint density at radius 1 is 1.48 bits per heavy atom. The average molecular weight is 314 g/mol. The Balaban J connectivity index is 1.94. The topological polar surface area (TPSA) is 76.0 Å². The molecule has 0 saturated heterocycles. The van der Waals surface area contributed by atoms with E-state index in [-0.39, 0.29) is 10.9 Å². The van der Waals surface area contributed by atoms with Crippen molar-refractivity contribution in [3.63, 3.8) is 0 Å². The normalized spacial score (nSPS) is 17.0. The summed E-state index contributed by atoms with van der Waals surface area (Å²) >= 11 is 0. The molecule has 0 radical (unpaired) electrons. The Labute approximate surface area is 127 Å². The minimum atomic E-state index is -3.45. The van der Waals surface area contributed by atoms with Crippen LogP contribution >= 0.6 is 0 Å². The minimum Gasteiger partial charge on any atom is -0.320 e. The van der Waals surface area contributed by atoms with Crippen LogP contribution in [-0.4, -0.2) is 37.8 Å². The van der Waals surface area contributed by atoms with Crippen molar-refractivity contribution in [1.29, 1.82) is 0 Å². The summed E-state index contributed by atoms with van der Waals surface area (Å²) in [7, 11) is -1.55. The number of rotatable bonds is 10. The number of sulfonamides is 1. The van der Waals surface area contributed by atoms with E-state index in [0.29, 0.717) is 5.92 Å². The van der Waals surface area contributed by atoms with Crippen LogP contribution in [0.1, 0.15) is 39.0 Å². The van der Waals surface area contributed by atoms with Gasteiger partial charge < -0.3 is 5.32 Å². The Morgan fingerprint density at radius 2 is 2.24 bits per heavy atom. The van der Waals surface area contributed by atoms with Gasteiger partial charge in [0.05, 0.1) is 6.20 Å². The predicted molar refractivity (Wildman–Crippen MR) is 82.5 cm³/mol. The molecule has 0 bridgehead atoms. The predicted octanol–water partition coefficient (Wildman–Crippen LogP) is 1.35. The first kappa shape index (κ1) is 16.5. The van der Waals surface area contributed by atoms with E-state index in [4.69, 9.17) is 0 Å². The van der Waals surface area contributed by atoms with E-state index in [2.05, 4.69) is 15.1 Å². The molecule has 0 aliphatic heterocycles. The SMILES string of the molecule is CCC(CC1CC1)NS(=O)(=O)c1cnn(CCCNC)c1. The van der Waals surface area contributed by atoms with Gasteiger partial charge in [0.15, 0.2) is 0 Å². The van der Waals surface area contributed by atoms with Crippen LogP contribution in [0.15, 0.2) is 17.3 Å². The number of hydrogen-bond donors (Lipinski definition) is 2. The molecule has 0 aromatic carbocycles. The molecule has 1 aromatic heterocycles. The van der Waals surface area contributed by atoms with E-state index in [1.54, 1.807) is 10.9 Å². The molecule has 1 saturated carbocycles. The van der Waals surface area contributed by atoms with Gasteiger partial charge in [-0.1, -0.05) is 19.8 Å². The molecule has 1 aromatic rings. The highest BCUT2D eigenvalue weighted by Crippen LogP contribution is 2.34. The lowest BCUT2D eigenvalue weighted by Gasteiger charge is -2.15. The highest BCUT2D eigenvalue weighted by atomic mass is 32.2. The number of nitrogens with zero attached hydrogens (tertiary/aromatic N) is 2. The molecule has 1 unspecified atom stereocenters. The van der Waals surface area contributed by atoms with Gasteiger partial charge in [0.25, 0.3) is 0 Å². The van der Waals surface area contributed by atoms with E-state index in [1.807, 2.05) is 14.0 Å². The average Bonchev–Trinajstić information content (AvgIpc) is 3.12. The summed E-state index contributed by atoms with van der Waals surface area (Å²) in [4.78, 5) is 0.265. The van der Waals surface area contributed by atoms with Crippen LogP contribution < -0.4 is 10.0 Å². The van der Waals surface area contributed by atoms with E-state index < -0.39 is 10.0 Å². The Kier molecular flexibility index (Phi) is 5.78. The van der Waals surface area contributed by atoms with Gasteiger partial charge in [0.1, 0.15) is 4.90 Å². The van der Waals surface area contributed by atoms with Crippen molar-refractivity contribution in [1.82, 2.24) is 19.8 Å². The maximum absolute atomic E-state index is 12.4. The fraction of sp³-hybridized carbons (Fsp3) is 0.786. The monoisotopic (exact) mass is 314 g/mol. The van der Waals surface area contributed by atoms with Gasteiger partial charge in [-0.05, 0) is 38.8 Å². The number of aryl methyl sites for hydroxylation is 1. The van der Waals surface area contributed by atoms with E-state index in [1.165, 1.54) is 19.0 Å². The number of hydrogen-bond acceptors (Lipinski definition) is 4. The van der Waals surface area contributed by atoms with Crippen molar-refractivity contribution in [2.75, 3.05) is 13.6 Å². The van der Waals surface area contributed by atoms with Gasteiger partial charge in [0, 0.05) is 18.8 Å². The second-order valence-corrected chi connectivity index (χ2v) is 7.52. The van der Waals surface area contributed by atoms with Gasteiger partial charge in [0.2, 0.25) is 10.0 Å². The quantitative estimate of drug-likeness (QED) is 0.639. The maximum atomic E-state index is 12.4. The van der Waals surface area contributed by atoms with Gasteiger partial charge in [-0.25, -0.2) is 13.1 Å². The van der Waals surface area contributed by atoms with E-state index in [0.717, 1.165) is 32.4 Å².